The smallest absolute Gasteiger partial charge is 0.248 e. The Hall–Kier alpha value is -1.05. The summed E-state index contributed by atoms with van der Waals surface area (Å²) in [7, 11) is 0. The lowest BCUT2D eigenvalue weighted by atomic mass is 10.2. The lowest BCUT2D eigenvalue weighted by molar-refractivity contribution is 1.16. The Morgan fingerprint density at radius 2 is 2.44 bits per heavy atom. The van der Waals surface area contributed by atoms with E-state index in [1.807, 2.05) is 4.98 Å². The van der Waals surface area contributed by atoms with Crippen LogP contribution in [0.15, 0.2) is 17.0 Å². The first-order chi connectivity index (χ1) is 7.46. The molecule has 1 rings (SSSR count). The highest BCUT2D eigenvalue weighted by Gasteiger charge is 1.89. The molecule has 0 aromatic carbocycles. The molecule has 48 valence electrons. The first-order valence-corrected chi connectivity index (χ1v) is 2.20. The summed E-state index contributed by atoms with van der Waals surface area (Å²) in [5, 5.41) is 0. The lowest BCUT2D eigenvalue weighted by Crippen LogP contribution is -2.03. The molecule has 0 atom stereocenters. The van der Waals surface area contributed by atoms with Crippen LogP contribution in [0.4, 0.5) is 0 Å². The number of H-pyrrole nitrogens is 1. The summed E-state index contributed by atoms with van der Waals surface area (Å²) in [6.45, 7) is -5.80. The molecular formula is C7H9NO. The van der Waals surface area contributed by atoms with Crippen LogP contribution in [-0.4, -0.2) is 4.98 Å². The van der Waals surface area contributed by atoms with Crippen molar-refractivity contribution in [2.45, 2.75) is 13.7 Å². The Morgan fingerprint density at radius 1 is 1.67 bits per heavy atom. The van der Waals surface area contributed by atoms with E-state index in [1.54, 1.807) is 0 Å². The van der Waals surface area contributed by atoms with E-state index >= 15 is 0 Å². The molecule has 1 N–H and O–H groups in total. The fourth-order valence-electron chi connectivity index (χ4n) is 0.389. The van der Waals surface area contributed by atoms with Crippen LogP contribution < -0.4 is 5.56 Å². The zero-order valence-electron chi connectivity index (χ0n) is 12.4. The van der Waals surface area contributed by atoms with Crippen LogP contribution in [0.5, 0.6) is 0 Å². The topological polar surface area (TPSA) is 32.9 Å². The van der Waals surface area contributed by atoms with E-state index in [-0.39, 0.29) is 0 Å². The molecule has 1 aromatic rings. The molecule has 0 aliphatic rings. The number of aromatic amines is 1. The summed E-state index contributed by atoms with van der Waals surface area (Å²) >= 11 is 0. The van der Waals surface area contributed by atoms with Gasteiger partial charge >= 0.3 is 0 Å². The first-order valence-electron chi connectivity index (χ1n) is 6.20. The molecule has 2 nitrogen and oxygen atoms in total. The zero-order valence-corrected chi connectivity index (χ0v) is 4.41. The van der Waals surface area contributed by atoms with Crippen LogP contribution in [0, 0.1) is 13.7 Å². The molecule has 0 bridgehead atoms. The predicted octanol–water partition coefficient (Wildman–Crippen LogP) is 0.992. The quantitative estimate of drug-likeness (QED) is 0.559. The Morgan fingerprint density at radius 3 is 3.11 bits per heavy atom. The minimum Gasteiger partial charge on any atom is -0.329 e. The van der Waals surface area contributed by atoms with Crippen LogP contribution >= 0.6 is 0 Å². The summed E-state index contributed by atoms with van der Waals surface area (Å²) in [5.74, 6) is 0. The van der Waals surface area contributed by atoms with Crippen LogP contribution in [0.25, 0.3) is 0 Å². The van der Waals surface area contributed by atoms with E-state index in [9.17, 15) is 4.79 Å². The van der Waals surface area contributed by atoms with E-state index < -0.39 is 42.6 Å². The average molecular weight is 131 g/mol. The van der Waals surface area contributed by atoms with Crippen LogP contribution in [-0.2, 0) is 0 Å². The molecule has 0 aliphatic heterocycles. The summed E-state index contributed by atoms with van der Waals surface area (Å²) in [6.07, 6.45) is -0.794. The van der Waals surface area contributed by atoms with Crippen molar-refractivity contribution in [3.63, 3.8) is 0 Å². The summed E-state index contributed by atoms with van der Waals surface area (Å²) in [4.78, 5) is 13.0. The van der Waals surface area contributed by atoms with Crippen molar-refractivity contribution in [1.82, 2.24) is 4.98 Å². The van der Waals surface area contributed by atoms with E-state index in [4.69, 9.17) is 11.0 Å². The number of nitrogens with one attached hydrogen (secondary N) is 1. The van der Waals surface area contributed by atoms with Gasteiger partial charge in [-0.3, -0.25) is 4.79 Å². The fourth-order valence-corrected chi connectivity index (χ4v) is 0.389. The predicted molar refractivity (Wildman–Crippen MR) is 36.5 cm³/mol. The highest BCUT2D eigenvalue weighted by atomic mass is 16.1. The van der Waals surface area contributed by atoms with Gasteiger partial charge in [0.25, 0.3) is 0 Å². The zero-order chi connectivity index (χ0) is 13.6. The van der Waals surface area contributed by atoms with Crippen LogP contribution in [0.1, 0.15) is 22.1 Å². The van der Waals surface area contributed by atoms with Crippen molar-refractivity contribution in [3.8, 4) is 0 Å². The van der Waals surface area contributed by atoms with E-state index in [1.165, 1.54) is 0 Å². The van der Waals surface area contributed by atoms with Gasteiger partial charge in [-0.2, -0.15) is 0 Å². The normalized spacial score (nSPS) is 25.3. The molecule has 1 heterocycles. The summed E-state index contributed by atoms with van der Waals surface area (Å²) < 4.78 is 57.6. The van der Waals surface area contributed by atoms with Gasteiger partial charge in [0, 0.05) is 20.4 Å². The second-order valence-corrected chi connectivity index (χ2v) is 1.45. The lowest BCUT2D eigenvalue weighted by Gasteiger charge is -1.93. The van der Waals surface area contributed by atoms with Gasteiger partial charge in [0.15, 0.2) is 0 Å². The summed E-state index contributed by atoms with van der Waals surface area (Å²) in [6, 6.07) is -0.938. The Balaban J connectivity index is 3.82. The van der Waals surface area contributed by atoms with Crippen molar-refractivity contribution in [1.29, 1.82) is 0 Å². The fraction of sp³-hybridized carbons (Fsp3) is 0.286. The second-order valence-electron chi connectivity index (χ2n) is 1.45. The highest BCUT2D eigenvalue weighted by molar-refractivity contribution is 5.18. The summed E-state index contributed by atoms with van der Waals surface area (Å²) in [5.41, 5.74) is -2.78. The van der Waals surface area contributed by atoms with Gasteiger partial charge in [0.1, 0.15) is 0 Å². The van der Waals surface area contributed by atoms with Crippen molar-refractivity contribution in [2.24, 2.45) is 0 Å². The third-order valence-corrected chi connectivity index (χ3v) is 0.790. The SMILES string of the molecule is [2H]c1[nH]c(=O)c([2H])c(C([2H])([2H])[2H])c1C([2H])([2H])[2H]. The Kier molecular flexibility index (Phi) is 0.344. The Labute approximate surface area is 64.8 Å². The number of pyridine rings is 1. The van der Waals surface area contributed by atoms with Gasteiger partial charge in [0.05, 0.1) is 2.74 Å². The molecule has 0 radical (unpaired) electrons. The first kappa shape index (κ1) is 1.51. The van der Waals surface area contributed by atoms with Gasteiger partial charge in [-0.25, -0.2) is 0 Å². The standard InChI is InChI=1S/C7H9NO/c1-5-3-7(9)8-4-6(5)2/h3-4H,1-2H3,(H,8,9)/i1D3,2D3,3D,4D. The average Bonchev–Trinajstić information content (AvgIpc) is 2.06. The van der Waals surface area contributed by atoms with Gasteiger partial charge in [-0.15, -0.1) is 0 Å². The maximum absolute atomic E-state index is 11.2. The van der Waals surface area contributed by atoms with Gasteiger partial charge in [-0.1, -0.05) is 0 Å². The van der Waals surface area contributed by atoms with E-state index in [0.29, 0.717) is 0 Å². The van der Waals surface area contributed by atoms with Crippen molar-refractivity contribution >= 4 is 0 Å². The second kappa shape index (κ2) is 2.05. The van der Waals surface area contributed by atoms with Crippen molar-refractivity contribution in [3.05, 3.63) is 33.7 Å². The molecule has 2 heteroatoms. The molecule has 9 heavy (non-hydrogen) atoms. The van der Waals surface area contributed by atoms with Crippen LogP contribution in [0.3, 0.4) is 0 Å². The molecular weight excluding hydrogens is 114 g/mol. The molecule has 0 unspecified atom stereocenters. The van der Waals surface area contributed by atoms with Crippen LogP contribution in [0.2, 0.25) is 0 Å². The monoisotopic (exact) mass is 131 g/mol. The number of hydrogen-bond acceptors (Lipinski definition) is 1. The molecule has 0 saturated carbocycles. The number of hydrogen-bond donors (Lipinski definition) is 1. The Bertz CT molecular complexity index is 496. The minimum absolute atomic E-state index is 0.794. The molecule has 0 fully saturated rings. The largest absolute Gasteiger partial charge is 0.329 e. The molecule has 0 spiro atoms. The van der Waals surface area contributed by atoms with Crippen molar-refractivity contribution < 1.29 is 11.0 Å². The highest BCUT2D eigenvalue weighted by Crippen LogP contribution is 1.97. The molecule has 0 aliphatic carbocycles. The minimum atomic E-state index is -2.93. The number of aromatic nitrogens is 1. The van der Waals surface area contributed by atoms with Gasteiger partial charge in [0.2, 0.25) is 5.56 Å². The molecule has 1 aromatic heterocycles. The molecule has 0 amide bonds. The third kappa shape index (κ3) is 1.19. The maximum Gasteiger partial charge on any atom is 0.248 e. The van der Waals surface area contributed by atoms with E-state index in [0.717, 1.165) is 0 Å². The third-order valence-electron chi connectivity index (χ3n) is 0.790. The van der Waals surface area contributed by atoms with Gasteiger partial charge < -0.3 is 4.98 Å². The van der Waals surface area contributed by atoms with E-state index in [2.05, 4.69) is 0 Å². The van der Waals surface area contributed by atoms with Crippen molar-refractivity contribution in [2.75, 3.05) is 0 Å². The maximum atomic E-state index is 11.2. The van der Waals surface area contributed by atoms with Gasteiger partial charge in [-0.05, 0) is 24.8 Å². The number of rotatable bonds is 0. The molecule has 0 saturated heterocycles.